The van der Waals surface area contributed by atoms with Crippen LogP contribution in [0.25, 0.3) is 0 Å². The Bertz CT molecular complexity index is 434. The van der Waals surface area contributed by atoms with Gasteiger partial charge >= 0.3 is 0 Å². The van der Waals surface area contributed by atoms with Crippen LogP contribution in [0.2, 0.25) is 0 Å². The first-order chi connectivity index (χ1) is 9.24. The number of hydrogen-bond donors (Lipinski definition) is 3. The van der Waals surface area contributed by atoms with Gasteiger partial charge < -0.3 is 15.4 Å². The van der Waals surface area contributed by atoms with Gasteiger partial charge in [-0.05, 0) is 13.0 Å². The fourth-order valence-electron chi connectivity index (χ4n) is 2.51. The van der Waals surface area contributed by atoms with Crippen molar-refractivity contribution in [2.75, 3.05) is 36.8 Å². The average molecular weight is 264 g/mol. The first-order valence-electron chi connectivity index (χ1n) is 6.59. The van der Waals surface area contributed by atoms with Gasteiger partial charge in [0.15, 0.2) is 6.35 Å². The number of nitrogens with two attached hydrogens (primary N) is 1. The van der Waals surface area contributed by atoms with Gasteiger partial charge in [0, 0.05) is 32.4 Å². The topological polar surface area (TPSA) is 78.7 Å². The molecule has 3 heterocycles. The molecule has 7 heteroatoms. The van der Waals surface area contributed by atoms with Crippen LogP contribution >= 0.6 is 0 Å². The molecule has 0 aromatic carbocycles. The predicted octanol–water partition coefficient (Wildman–Crippen LogP) is -0.460. The zero-order valence-corrected chi connectivity index (χ0v) is 11.0. The fraction of sp³-hybridized carbons (Fsp3) is 0.583. The Labute approximate surface area is 112 Å². The SMILES string of the molecule is CC1NNC(N2CCN(c3ccncc3N)CC2)O1. The van der Waals surface area contributed by atoms with Crippen molar-refractivity contribution >= 4 is 11.4 Å². The first-order valence-corrected chi connectivity index (χ1v) is 6.59. The van der Waals surface area contributed by atoms with E-state index in [9.17, 15) is 0 Å². The molecule has 2 unspecified atom stereocenters. The lowest BCUT2D eigenvalue weighted by molar-refractivity contribution is -0.0601. The van der Waals surface area contributed by atoms with Crippen molar-refractivity contribution in [2.45, 2.75) is 19.5 Å². The molecule has 4 N–H and O–H groups in total. The van der Waals surface area contributed by atoms with E-state index in [4.69, 9.17) is 10.5 Å². The molecule has 0 spiro atoms. The van der Waals surface area contributed by atoms with Gasteiger partial charge in [0.1, 0.15) is 6.23 Å². The Morgan fingerprint density at radius 2 is 2.11 bits per heavy atom. The minimum Gasteiger partial charge on any atom is -0.396 e. The number of nitrogens with one attached hydrogen (secondary N) is 2. The number of rotatable bonds is 2. The van der Waals surface area contributed by atoms with Gasteiger partial charge in [0.05, 0.1) is 17.6 Å². The molecule has 1 aromatic rings. The molecule has 0 radical (unpaired) electrons. The van der Waals surface area contributed by atoms with Crippen LogP contribution in [0.15, 0.2) is 18.5 Å². The summed E-state index contributed by atoms with van der Waals surface area (Å²) in [7, 11) is 0. The van der Waals surface area contributed by atoms with Gasteiger partial charge in [-0.3, -0.25) is 9.88 Å². The molecule has 0 saturated carbocycles. The lowest BCUT2D eigenvalue weighted by Gasteiger charge is -2.38. The summed E-state index contributed by atoms with van der Waals surface area (Å²) in [5.74, 6) is 0. The summed E-state index contributed by atoms with van der Waals surface area (Å²) < 4.78 is 5.72. The summed E-state index contributed by atoms with van der Waals surface area (Å²) in [6.45, 7) is 5.73. The minimum atomic E-state index is -0.0352. The number of piperazine rings is 1. The smallest absolute Gasteiger partial charge is 0.180 e. The number of nitrogen functional groups attached to an aromatic ring is 1. The Morgan fingerprint density at radius 1 is 1.32 bits per heavy atom. The van der Waals surface area contributed by atoms with Crippen LogP contribution in [0.3, 0.4) is 0 Å². The number of anilines is 2. The van der Waals surface area contributed by atoms with Crippen LogP contribution in [0, 0.1) is 0 Å². The van der Waals surface area contributed by atoms with Gasteiger partial charge in [0.25, 0.3) is 0 Å². The molecular weight excluding hydrogens is 244 g/mol. The monoisotopic (exact) mass is 264 g/mol. The molecule has 2 atom stereocenters. The molecule has 3 rings (SSSR count). The van der Waals surface area contributed by atoms with Crippen LogP contribution in [0.4, 0.5) is 11.4 Å². The first kappa shape index (κ1) is 12.6. The molecule has 0 aliphatic carbocycles. The van der Waals surface area contributed by atoms with Gasteiger partial charge in [-0.15, -0.1) is 0 Å². The zero-order chi connectivity index (χ0) is 13.2. The van der Waals surface area contributed by atoms with Gasteiger partial charge in [-0.2, -0.15) is 0 Å². The summed E-state index contributed by atoms with van der Waals surface area (Å²) in [5, 5.41) is 0. The fourth-order valence-corrected chi connectivity index (χ4v) is 2.51. The Kier molecular flexibility index (Phi) is 3.52. The second kappa shape index (κ2) is 5.30. The molecule has 1 aromatic heterocycles. The molecular formula is C12H20N6O. The maximum absolute atomic E-state index is 5.96. The number of ether oxygens (including phenoxy) is 1. The van der Waals surface area contributed by atoms with E-state index in [0.29, 0.717) is 0 Å². The Morgan fingerprint density at radius 3 is 2.74 bits per heavy atom. The Balaban J connectivity index is 1.59. The van der Waals surface area contributed by atoms with E-state index in [1.54, 1.807) is 12.4 Å². The lowest BCUT2D eigenvalue weighted by atomic mass is 10.2. The van der Waals surface area contributed by atoms with Crippen LogP contribution in [0.5, 0.6) is 0 Å². The molecule has 104 valence electrons. The maximum Gasteiger partial charge on any atom is 0.180 e. The second-order valence-electron chi connectivity index (χ2n) is 4.88. The largest absolute Gasteiger partial charge is 0.396 e. The third-order valence-electron chi connectivity index (χ3n) is 3.56. The standard InChI is InChI=1S/C12H20N6O/c1-9-15-16-12(19-9)18-6-4-17(5-7-18)11-2-3-14-8-10(11)13/h2-3,8-9,12,15-16H,4-7,13H2,1H3. The number of hydrogen-bond acceptors (Lipinski definition) is 7. The predicted molar refractivity (Wildman–Crippen MR) is 73.0 cm³/mol. The van der Waals surface area contributed by atoms with E-state index in [-0.39, 0.29) is 12.6 Å². The van der Waals surface area contributed by atoms with Crippen LogP contribution < -0.4 is 21.5 Å². The van der Waals surface area contributed by atoms with Crippen LogP contribution in [-0.2, 0) is 4.74 Å². The van der Waals surface area contributed by atoms with Crippen molar-refractivity contribution in [3.63, 3.8) is 0 Å². The molecule has 0 amide bonds. The average Bonchev–Trinajstić information content (AvgIpc) is 2.86. The highest BCUT2D eigenvalue weighted by Crippen LogP contribution is 2.23. The number of aromatic nitrogens is 1. The zero-order valence-electron chi connectivity index (χ0n) is 11.0. The van der Waals surface area contributed by atoms with E-state index in [2.05, 4.69) is 25.6 Å². The van der Waals surface area contributed by atoms with Gasteiger partial charge in [-0.1, -0.05) is 0 Å². The summed E-state index contributed by atoms with van der Waals surface area (Å²) in [4.78, 5) is 8.60. The normalized spacial score (nSPS) is 28.8. The molecule has 0 bridgehead atoms. The highest BCUT2D eigenvalue weighted by Gasteiger charge is 2.29. The van der Waals surface area contributed by atoms with Gasteiger partial charge in [0.2, 0.25) is 0 Å². The number of pyridine rings is 1. The van der Waals surface area contributed by atoms with Crippen molar-refractivity contribution in [1.82, 2.24) is 20.7 Å². The highest BCUT2D eigenvalue weighted by atomic mass is 16.6. The third kappa shape index (κ3) is 2.64. The molecule has 7 nitrogen and oxygen atoms in total. The minimum absolute atomic E-state index is 0.0352. The van der Waals surface area contributed by atoms with E-state index in [0.717, 1.165) is 37.6 Å². The molecule has 2 aliphatic rings. The van der Waals surface area contributed by atoms with Crippen LogP contribution in [-0.4, -0.2) is 48.6 Å². The molecule has 19 heavy (non-hydrogen) atoms. The van der Waals surface area contributed by atoms with Crippen molar-refractivity contribution in [1.29, 1.82) is 0 Å². The van der Waals surface area contributed by atoms with Crippen molar-refractivity contribution in [3.8, 4) is 0 Å². The van der Waals surface area contributed by atoms with Gasteiger partial charge in [-0.25, -0.2) is 10.9 Å². The van der Waals surface area contributed by atoms with Crippen molar-refractivity contribution < 1.29 is 4.74 Å². The lowest BCUT2D eigenvalue weighted by Crippen LogP contribution is -2.54. The van der Waals surface area contributed by atoms with E-state index >= 15 is 0 Å². The number of nitrogens with zero attached hydrogens (tertiary/aromatic N) is 3. The summed E-state index contributed by atoms with van der Waals surface area (Å²) in [5.41, 5.74) is 14.0. The third-order valence-corrected chi connectivity index (χ3v) is 3.56. The van der Waals surface area contributed by atoms with Crippen LogP contribution in [0.1, 0.15) is 6.92 Å². The summed E-state index contributed by atoms with van der Waals surface area (Å²) in [6.07, 6.45) is 3.51. The molecule has 2 saturated heterocycles. The molecule has 2 aliphatic heterocycles. The number of hydrazine groups is 1. The summed E-state index contributed by atoms with van der Waals surface area (Å²) in [6, 6.07) is 1.97. The quantitative estimate of drug-likeness (QED) is 0.667. The highest BCUT2D eigenvalue weighted by molar-refractivity contribution is 5.66. The van der Waals surface area contributed by atoms with Crippen molar-refractivity contribution in [2.24, 2.45) is 0 Å². The van der Waals surface area contributed by atoms with E-state index in [1.165, 1.54) is 0 Å². The summed E-state index contributed by atoms with van der Waals surface area (Å²) >= 11 is 0. The van der Waals surface area contributed by atoms with Crippen molar-refractivity contribution in [3.05, 3.63) is 18.5 Å². The van der Waals surface area contributed by atoms with E-state index < -0.39 is 0 Å². The molecule has 2 fully saturated rings. The second-order valence-corrected chi connectivity index (χ2v) is 4.88. The maximum atomic E-state index is 5.96. The Hall–Kier alpha value is -1.41. The van der Waals surface area contributed by atoms with E-state index in [1.807, 2.05) is 13.0 Å².